The van der Waals surface area contributed by atoms with E-state index in [-0.39, 0.29) is 0 Å². The van der Waals surface area contributed by atoms with Crippen molar-refractivity contribution in [3.05, 3.63) is 0 Å². The zero-order chi connectivity index (χ0) is 9.40. The second-order valence-corrected chi connectivity index (χ2v) is 2.90. The summed E-state index contributed by atoms with van der Waals surface area (Å²) >= 11 is 0. The van der Waals surface area contributed by atoms with Gasteiger partial charge in [0.2, 0.25) is 0 Å². The largest absolute Gasteiger partial charge is 0.380 e. The van der Waals surface area contributed by atoms with Crippen LogP contribution in [-0.4, -0.2) is 44.0 Å². The smallest absolute Gasteiger partial charge is 0.0825 e. The van der Waals surface area contributed by atoms with E-state index in [1.165, 1.54) is 0 Å². The lowest BCUT2D eigenvalue weighted by Crippen LogP contribution is -2.30. The molecular formula is C9H21N3. The molecule has 3 nitrogen and oxygen atoms in total. The van der Waals surface area contributed by atoms with Gasteiger partial charge < -0.3 is 10.2 Å². The number of nitrogens with zero attached hydrogens (tertiary/aromatic N) is 2. The first-order valence-electron chi connectivity index (χ1n) is 4.65. The molecule has 0 heterocycles. The monoisotopic (exact) mass is 171 g/mol. The second-order valence-electron chi connectivity index (χ2n) is 2.90. The maximum Gasteiger partial charge on any atom is 0.0825 e. The van der Waals surface area contributed by atoms with Gasteiger partial charge in [-0.15, -0.1) is 0 Å². The van der Waals surface area contributed by atoms with Crippen molar-refractivity contribution < 1.29 is 0 Å². The molecule has 0 aliphatic carbocycles. The molecule has 0 aromatic heterocycles. The Morgan fingerprint density at radius 3 is 2.42 bits per heavy atom. The van der Waals surface area contributed by atoms with Crippen LogP contribution in [-0.2, 0) is 0 Å². The quantitative estimate of drug-likeness (QED) is 0.476. The molecule has 0 rings (SSSR count). The SMILES string of the molecule is CCN(CC)CC(C)/N=C/NC. The summed E-state index contributed by atoms with van der Waals surface area (Å²) in [7, 11) is 1.87. The molecule has 0 saturated heterocycles. The van der Waals surface area contributed by atoms with Crippen LogP contribution in [0.4, 0.5) is 0 Å². The summed E-state index contributed by atoms with van der Waals surface area (Å²) in [6.07, 6.45) is 1.76. The van der Waals surface area contributed by atoms with Crippen LogP contribution < -0.4 is 5.32 Å². The molecule has 72 valence electrons. The summed E-state index contributed by atoms with van der Waals surface area (Å²) in [5.41, 5.74) is 0. The van der Waals surface area contributed by atoms with Gasteiger partial charge in [-0.25, -0.2) is 0 Å². The van der Waals surface area contributed by atoms with E-state index in [0.29, 0.717) is 6.04 Å². The Kier molecular flexibility index (Phi) is 6.76. The van der Waals surface area contributed by atoms with Crippen molar-refractivity contribution >= 4 is 6.34 Å². The van der Waals surface area contributed by atoms with Crippen molar-refractivity contribution in [2.75, 3.05) is 26.7 Å². The summed E-state index contributed by atoms with van der Waals surface area (Å²) < 4.78 is 0. The predicted octanol–water partition coefficient (Wildman–Crippen LogP) is 0.964. The highest BCUT2D eigenvalue weighted by molar-refractivity contribution is 5.53. The van der Waals surface area contributed by atoms with E-state index in [2.05, 4.69) is 36.0 Å². The van der Waals surface area contributed by atoms with Gasteiger partial charge in [0, 0.05) is 13.6 Å². The first-order chi connectivity index (χ1) is 5.74. The van der Waals surface area contributed by atoms with Crippen LogP contribution in [0, 0.1) is 0 Å². The molecule has 0 radical (unpaired) electrons. The average Bonchev–Trinajstić information content (AvgIpc) is 2.10. The molecule has 0 aromatic carbocycles. The van der Waals surface area contributed by atoms with Crippen molar-refractivity contribution in [3.8, 4) is 0 Å². The lowest BCUT2D eigenvalue weighted by molar-refractivity contribution is 0.290. The highest BCUT2D eigenvalue weighted by Gasteiger charge is 2.03. The van der Waals surface area contributed by atoms with Gasteiger partial charge in [-0.1, -0.05) is 13.8 Å². The molecule has 1 unspecified atom stereocenters. The Balaban J connectivity index is 3.65. The number of aliphatic imine (C=N–C) groups is 1. The first-order valence-corrected chi connectivity index (χ1v) is 4.65. The maximum atomic E-state index is 4.30. The van der Waals surface area contributed by atoms with E-state index >= 15 is 0 Å². The Hall–Kier alpha value is -0.570. The lowest BCUT2D eigenvalue weighted by atomic mass is 10.3. The van der Waals surface area contributed by atoms with Crippen LogP contribution in [0.2, 0.25) is 0 Å². The van der Waals surface area contributed by atoms with Crippen LogP contribution >= 0.6 is 0 Å². The lowest BCUT2D eigenvalue weighted by Gasteiger charge is -2.19. The second kappa shape index (κ2) is 7.10. The number of rotatable bonds is 6. The minimum absolute atomic E-state index is 0.386. The number of nitrogens with one attached hydrogen (secondary N) is 1. The number of hydrogen-bond acceptors (Lipinski definition) is 2. The fourth-order valence-electron chi connectivity index (χ4n) is 1.10. The maximum absolute atomic E-state index is 4.30. The Morgan fingerprint density at radius 1 is 1.42 bits per heavy atom. The summed E-state index contributed by atoms with van der Waals surface area (Å²) in [5, 5.41) is 2.90. The zero-order valence-corrected chi connectivity index (χ0v) is 8.67. The molecule has 0 fully saturated rings. The van der Waals surface area contributed by atoms with Crippen molar-refractivity contribution in [1.29, 1.82) is 0 Å². The highest BCUT2D eigenvalue weighted by atomic mass is 15.1. The Bertz CT molecular complexity index is 119. The van der Waals surface area contributed by atoms with Crippen LogP contribution in [0.3, 0.4) is 0 Å². The standard InChI is InChI=1S/C9H21N3/c1-5-12(6-2)7-9(3)11-8-10-4/h8-9H,5-7H2,1-4H3,(H,10,11). The fraction of sp³-hybridized carbons (Fsp3) is 0.889. The summed E-state index contributed by atoms with van der Waals surface area (Å²) in [6, 6.07) is 0.386. The Morgan fingerprint density at radius 2 is 2.00 bits per heavy atom. The van der Waals surface area contributed by atoms with Crippen LogP contribution in [0.15, 0.2) is 4.99 Å². The van der Waals surface area contributed by atoms with Gasteiger partial charge in [0.15, 0.2) is 0 Å². The van der Waals surface area contributed by atoms with E-state index in [0.717, 1.165) is 19.6 Å². The summed E-state index contributed by atoms with van der Waals surface area (Å²) in [4.78, 5) is 6.67. The van der Waals surface area contributed by atoms with Gasteiger partial charge in [-0.05, 0) is 20.0 Å². The summed E-state index contributed by atoms with van der Waals surface area (Å²) in [5.74, 6) is 0. The average molecular weight is 171 g/mol. The molecule has 12 heavy (non-hydrogen) atoms. The molecular weight excluding hydrogens is 150 g/mol. The van der Waals surface area contributed by atoms with Gasteiger partial charge in [-0.3, -0.25) is 4.99 Å². The first kappa shape index (κ1) is 11.4. The molecule has 0 bridgehead atoms. The van der Waals surface area contributed by atoms with Crippen molar-refractivity contribution in [2.24, 2.45) is 4.99 Å². The molecule has 1 N–H and O–H groups in total. The highest BCUT2D eigenvalue weighted by Crippen LogP contribution is 1.94. The van der Waals surface area contributed by atoms with Crippen LogP contribution in [0.25, 0.3) is 0 Å². The third-order valence-corrected chi connectivity index (χ3v) is 1.87. The fourth-order valence-corrected chi connectivity index (χ4v) is 1.10. The minimum Gasteiger partial charge on any atom is -0.380 e. The molecule has 0 spiro atoms. The van der Waals surface area contributed by atoms with Crippen molar-refractivity contribution in [1.82, 2.24) is 10.2 Å². The van der Waals surface area contributed by atoms with E-state index in [4.69, 9.17) is 0 Å². The van der Waals surface area contributed by atoms with Crippen LogP contribution in [0.1, 0.15) is 20.8 Å². The minimum atomic E-state index is 0.386. The van der Waals surface area contributed by atoms with Crippen molar-refractivity contribution in [2.45, 2.75) is 26.8 Å². The van der Waals surface area contributed by atoms with Crippen LogP contribution in [0.5, 0.6) is 0 Å². The van der Waals surface area contributed by atoms with Gasteiger partial charge in [0.25, 0.3) is 0 Å². The Labute approximate surface area is 75.9 Å². The van der Waals surface area contributed by atoms with E-state index in [1.54, 1.807) is 6.34 Å². The topological polar surface area (TPSA) is 27.6 Å². The third kappa shape index (κ3) is 5.13. The molecule has 0 amide bonds. The van der Waals surface area contributed by atoms with Gasteiger partial charge in [-0.2, -0.15) is 0 Å². The normalized spacial score (nSPS) is 14.1. The molecule has 0 saturated carbocycles. The molecule has 1 atom stereocenters. The molecule has 3 heteroatoms. The molecule has 0 aliphatic rings. The number of hydrogen-bond donors (Lipinski definition) is 1. The van der Waals surface area contributed by atoms with E-state index in [1.807, 2.05) is 7.05 Å². The van der Waals surface area contributed by atoms with E-state index < -0.39 is 0 Å². The molecule has 0 aromatic rings. The van der Waals surface area contributed by atoms with Gasteiger partial charge in [0.05, 0.1) is 12.4 Å². The molecule has 0 aliphatic heterocycles. The zero-order valence-electron chi connectivity index (χ0n) is 8.67. The summed E-state index contributed by atoms with van der Waals surface area (Å²) in [6.45, 7) is 9.75. The van der Waals surface area contributed by atoms with Gasteiger partial charge >= 0.3 is 0 Å². The van der Waals surface area contributed by atoms with E-state index in [9.17, 15) is 0 Å². The van der Waals surface area contributed by atoms with Crippen molar-refractivity contribution in [3.63, 3.8) is 0 Å². The number of likely N-dealkylation sites (N-methyl/N-ethyl adjacent to an activating group) is 1. The predicted molar refractivity (Wildman–Crippen MR) is 54.8 cm³/mol. The third-order valence-electron chi connectivity index (χ3n) is 1.87. The van der Waals surface area contributed by atoms with Gasteiger partial charge in [0.1, 0.15) is 0 Å².